The fourth-order valence-electron chi connectivity index (χ4n) is 1.69. The molecule has 0 bridgehead atoms. The number of ether oxygens (including phenoxy) is 2. The Hall–Kier alpha value is -2.43. The molecule has 0 saturated carbocycles. The van der Waals surface area contributed by atoms with E-state index in [1.54, 1.807) is 18.2 Å². The third kappa shape index (κ3) is 2.70. The lowest BCUT2D eigenvalue weighted by Gasteiger charge is -2.09. The van der Waals surface area contributed by atoms with E-state index < -0.39 is 0 Å². The third-order valence-corrected chi connectivity index (χ3v) is 2.50. The highest BCUT2D eigenvalue weighted by atomic mass is 16.5. The molecule has 5 nitrogen and oxygen atoms in total. The SMILES string of the molecule is CCOc1ccccc1C(=O)c1nccnc1OC. The van der Waals surface area contributed by atoms with Crippen LogP contribution >= 0.6 is 0 Å². The number of hydrogen-bond acceptors (Lipinski definition) is 5. The van der Waals surface area contributed by atoms with Gasteiger partial charge in [-0.1, -0.05) is 12.1 Å². The van der Waals surface area contributed by atoms with Gasteiger partial charge in [-0.05, 0) is 19.1 Å². The summed E-state index contributed by atoms with van der Waals surface area (Å²) < 4.78 is 10.5. The van der Waals surface area contributed by atoms with Crippen molar-refractivity contribution < 1.29 is 14.3 Å². The average Bonchev–Trinajstić information content (AvgIpc) is 2.47. The van der Waals surface area contributed by atoms with Gasteiger partial charge >= 0.3 is 0 Å². The zero-order valence-electron chi connectivity index (χ0n) is 10.8. The second-order valence-corrected chi connectivity index (χ2v) is 3.67. The fourth-order valence-corrected chi connectivity index (χ4v) is 1.69. The number of rotatable bonds is 5. The van der Waals surface area contributed by atoms with E-state index in [2.05, 4.69) is 9.97 Å². The van der Waals surface area contributed by atoms with Gasteiger partial charge in [-0.25, -0.2) is 9.97 Å². The molecule has 0 atom stereocenters. The largest absolute Gasteiger partial charge is 0.493 e. The average molecular weight is 258 g/mol. The van der Waals surface area contributed by atoms with Gasteiger partial charge in [-0.2, -0.15) is 0 Å². The van der Waals surface area contributed by atoms with E-state index in [0.717, 1.165) is 0 Å². The van der Waals surface area contributed by atoms with Crippen LogP contribution in [0.4, 0.5) is 0 Å². The lowest BCUT2D eigenvalue weighted by Crippen LogP contribution is -2.09. The zero-order valence-corrected chi connectivity index (χ0v) is 10.8. The van der Waals surface area contributed by atoms with Crippen molar-refractivity contribution in [2.45, 2.75) is 6.92 Å². The number of carbonyl (C=O) groups is 1. The van der Waals surface area contributed by atoms with E-state index in [9.17, 15) is 4.79 Å². The molecule has 0 aliphatic heterocycles. The van der Waals surface area contributed by atoms with E-state index in [-0.39, 0.29) is 17.4 Å². The first-order chi connectivity index (χ1) is 9.27. The maximum atomic E-state index is 12.5. The summed E-state index contributed by atoms with van der Waals surface area (Å²) in [4.78, 5) is 20.5. The molecule has 0 saturated heterocycles. The minimum Gasteiger partial charge on any atom is -0.493 e. The molecule has 0 aliphatic rings. The third-order valence-electron chi connectivity index (χ3n) is 2.50. The summed E-state index contributed by atoms with van der Waals surface area (Å²) in [5.74, 6) is 0.468. The molecule has 0 fully saturated rings. The van der Waals surface area contributed by atoms with Crippen molar-refractivity contribution in [3.8, 4) is 11.6 Å². The summed E-state index contributed by atoms with van der Waals surface area (Å²) >= 11 is 0. The van der Waals surface area contributed by atoms with E-state index in [1.165, 1.54) is 19.5 Å². The first kappa shape index (κ1) is 13.0. The number of methoxy groups -OCH3 is 1. The summed E-state index contributed by atoms with van der Waals surface area (Å²) in [6.45, 7) is 2.35. The molecule has 0 unspecified atom stereocenters. The summed E-state index contributed by atoms with van der Waals surface area (Å²) in [6, 6.07) is 7.04. The molecular weight excluding hydrogens is 244 g/mol. The van der Waals surface area contributed by atoms with Gasteiger partial charge in [0.15, 0.2) is 5.69 Å². The van der Waals surface area contributed by atoms with Crippen LogP contribution in [0.25, 0.3) is 0 Å². The van der Waals surface area contributed by atoms with Crippen LogP contribution in [0.2, 0.25) is 0 Å². The molecule has 0 N–H and O–H groups in total. The van der Waals surface area contributed by atoms with E-state index in [0.29, 0.717) is 17.9 Å². The normalized spacial score (nSPS) is 10.0. The molecule has 0 spiro atoms. The highest BCUT2D eigenvalue weighted by molar-refractivity contribution is 6.10. The minimum absolute atomic E-state index is 0.178. The van der Waals surface area contributed by atoms with Gasteiger partial charge in [-0.15, -0.1) is 0 Å². The number of ketones is 1. The van der Waals surface area contributed by atoms with Crippen LogP contribution in [0.3, 0.4) is 0 Å². The second-order valence-electron chi connectivity index (χ2n) is 3.67. The Balaban J connectivity index is 2.44. The number of aromatic nitrogens is 2. The molecule has 0 radical (unpaired) electrons. The highest BCUT2D eigenvalue weighted by Gasteiger charge is 2.20. The van der Waals surface area contributed by atoms with Crippen molar-refractivity contribution in [3.63, 3.8) is 0 Å². The van der Waals surface area contributed by atoms with Crippen molar-refractivity contribution >= 4 is 5.78 Å². The maximum absolute atomic E-state index is 12.5. The zero-order chi connectivity index (χ0) is 13.7. The number of carbonyl (C=O) groups excluding carboxylic acids is 1. The van der Waals surface area contributed by atoms with Gasteiger partial charge in [0.25, 0.3) is 0 Å². The number of para-hydroxylation sites is 1. The van der Waals surface area contributed by atoms with Crippen LogP contribution in [0, 0.1) is 0 Å². The molecule has 2 aromatic rings. The van der Waals surface area contributed by atoms with Crippen LogP contribution in [0.1, 0.15) is 23.0 Å². The summed E-state index contributed by atoms with van der Waals surface area (Å²) in [7, 11) is 1.45. The van der Waals surface area contributed by atoms with E-state index in [4.69, 9.17) is 9.47 Å². The standard InChI is InChI=1S/C14H14N2O3/c1-3-19-11-7-5-4-6-10(11)13(17)12-14(18-2)16-9-8-15-12/h4-9H,3H2,1-2H3. The van der Waals surface area contributed by atoms with Gasteiger partial charge in [0.2, 0.25) is 11.7 Å². The topological polar surface area (TPSA) is 61.3 Å². The molecule has 19 heavy (non-hydrogen) atoms. The Morgan fingerprint density at radius 1 is 1.21 bits per heavy atom. The van der Waals surface area contributed by atoms with Gasteiger partial charge in [0.1, 0.15) is 5.75 Å². The molecule has 5 heteroatoms. The van der Waals surface area contributed by atoms with Crippen LogP contribution in [-0.2, 0) is 0 Å². The Morgan fingerprint density at radius 2 is 1.95 bits per heavy atom. The van der Waals surface area contributed by atoms with Crippen LogP contribution in [-0.4, -0.2) is 29.5 Å². The molecule has 0 aliphatic carbocycles. The molecular formula is C14H14N2O3. The fraction of sp³-hybridized carbons (Fsp3) is 0.214. The number of nitrogens with zero attached hydrogens (tertiary/aromatic N) is 2. The van der Waals surface area contributed by atoms with Gasteiger partial charge in [-0.3, -0.25) is 4.79 Å². The summed E-state index contributed by atoms with van der Waals surface area (Å²) in [6.07, 6.45) is 2.93. The molecule has 1 aromatic heterocycles. The lowest BCUT2D eigenvalue weighted by molar-refractivity contribution is 0.102. The summed E-state index contributed by atoms with van der Waals surface area (Å²) in [5, 5.41) is 0. The van der Waals surface area contributed by atoms with Gasteiger partial charge in [0, 0.05) is 12.4 Å². The maximum Gasteiger partial charge on any atom is 0.243 e. The number of hydrogen-bond donors (Lipinski definition) is 0. The lowest BCUT2D eigenvalue weighted by atomic mass is 10.1. The highest BCUT2D eigenvalue weighted by Crippen LogP contribution is 2.23. The van der Waals surface area contributed by atoms with Gasteiger partial charge in [0.05, 0.1) is 19.3 Å². The summed E-state index contributed by atoms with van der Waals surface area (Å²) in [5.41, 5.74) is 0.625. The number of benzene rings is 1. The van der Waals surface area contributed by atoms with E-state index in [1.807, 2.05) is 13.0 Å². The molecule has 1 aromatic carbocycles. The van der Waals surface area contributed by atoms with Crippen LogP contribution in [0.15, 0.2) is 36.7 Å². The van der Waals surface area contributed by atoms with Crippen molar-refractivity contribution in [1.29, 1.82) is 0 Å². The molecule has 2 rings (SSSR count). The second kappa shape index (κ2) is 5.95. The van der Waals surface area contributed by atoms with Crippen LogP contribution in [0.5, 0.6) is 11.6 Å². The predicted molar refractivity (Wildman–Crippen MR) is 69.6 cm³/mol. The quantitative estimate of drug-likeness (QED) is 0.769. The van der Waals surface area contributed by atoms with E-state index >= 15 is 0 Å². The Bertz CT molecular complexity index is 584. The first-order valence-electron chi connectivity index (χ1n) is 5.89. The van der Waals surface area contributed by atoms with Gasteiger partial charge < -0.3 is 9.47 Å². The van der Waals surface area contributed by atoms with Crippen LogP contribution < -0.4 is 9.47 Å². The van der Waals surface area contributed by atoms with Crippen molar-refractivity contribution in [1.82, 2.24) is 9.97 Å². The molecule has 98 valence electrons. The predicted octanol–water partition coefficient (Wildman–Crippen LogP) is 2.11. The van der Waals surface area contributed by atoms with Crippen molar-refractivity contribution in [2.24, 2.45) is 0 Å². The Morgan fingerprint density at radius 3 is 2.68 bits per heavy atom. The molecule has 0 amide bonds. The smallest absolute Gasteiger partial charge is 0.243 e. The Labute approximate surface area is 111 Å². The van der Waals surface area contributed by atoms with Crippen molar-refractivity contribution in [2.75, 3.05) is 13.7 Å². The monoisotopic (exact) mass is 258 g/mol. The Kier molecular flexibility index (Phi) is 4.07. The molecule has 1 heterocycles. The first-order valence-corrected chi connectivity index (χ1v) is 5.89. The van der Waals surface area contributed by atoms with Crippen molar-refractivity contribution in [3.05, 3.63) is 47.9 Å². The minimum atomic E-state index is -0.269.